The normalized spacial score (nSPS) is 13.1. The molecule has 0 radical (unpaired) electrons. The molecule has 0 atom stereocenters. The summed E-state index contributed by atoms with van der Waals surface area (Å²) in [4.78, 5) is 12.3. The predicted octanol–water partition coefficient (Wildman–Crippen LogP) is 3.73. The molecule has 0 amide bonds. The molecule has 6 heteroatoms. The van der Waals surface area contributed by atoms with Gasteiger partial charge in [0.15, 0.2) is 17.3 Å². The molecule has 0 bridgehead atoms. The quantitative estimate of drug-likeness (QED) is 0.771. The van der Waals surface area contributed by atoms with E-state index in [1.807, 2.05) is 0 Å². The Kier molecular flexibility index (Phi) is 3.63. The second-order valence-electron chi connectivity index (χ2n) is 4.43. The number of halogens is 3. The van der Waals surface area contributed by atoms with Gasteiger partial charge in [-0.25, -0.2) is 8.78 Å². The molecule has 21 heavy (non-hydrogen) atoms. The van der Waals surface area contributed by atoms with Crippen molar-refractivity contribution in [3.63, 3.8) is 0 Å². The summed E-state index contributed by atoms with van der Waals surface area (Å²) in [6.45, 7) is 0.794. The lowest BCUT2D eigenvalue weighted by atomic mass is 10.0. The van der Waals surface area contributed by atoms with Crippen LogP contribution < -0.4 is 9.47 Å². The van der Waals surface area contributed by atoms with Crippen molar-refractivity contribution in [2.45, 2.75) is 0 Å². The molecule has 2 aromatic rings. The van der Waals surface area contributed by atoms with Crippen molar-refractivity contribution >= 4 is 21.7 Å². The van der Waals surface area contributed by atoms with Crippen LogP contribution in [0.3, 0.4) is 0 Å². The van der Waals surface area contributed by atoms with E-state index < -0.39 is 23.0 Å². The van der Waals surface area contributed by atoms with Crippen molar-refractivity contribution in [3.05, 3.63) is 57.6 Å². The fourth-order valence-electron chi connectivity index (χ4n) is 2.09. The minimum Gasteiger partial charge on any atom is -0.486 e. The molecule has 2 aromatic carbocycles. The summed E-state index contributed by atoms with van der Waals surface area (Å²) in [6, 6.07) is 6.54. The van der Waals surface area contributed by atoms with E-state index in [9.17, 15) is 13.6 Å². The topological polar surface area (TPSA) is 35.5 Å². The number of rotatable bonds is 2. The molecule has 0 N–H and O–H groups in total. The molecule has 0 saturated heterocycles. The molecule has 0 unspecified atom stereocenters. The summed E-state index contributed by atoms with van der Waals surface area (Å²) in [5.41, 5.74) is -0.450. The number of ketones is 1. The van der Waals surface area contributed by atoms with Crippen LogP contribution in [0.15, 0.2) is 34.8 Å². The van der Waals surface area contributed by atoms with Crippen LogP contribution in [0, 0.1) is 11.6 Å². The zero-order chi connectivity index (χ0) is 15.0. The zero-order valence-corrected chi connectivity index (χ0v) is 12.2. The summed E-state index contributed by atoms with van der Waals surface area (Å²) in [7, 11) is 0. The molecular weight excluding hydrogens is 346 g/mol. The number of ether oxygens (including phenoxy) is 2. The molecule has 0 spiro atoms. The van der Waals surface area contributed by atoms with Gasteiger partial charge in [0.1, 0.15) is 24.8 Å². The maximum absolute atomic E-state index is 13.8. The Labute approximate surface area is 127 Å². The molecule has 0 aliphatic carbocycles. The Morgan fingerprint density at radius 2 is 1.62 bits per heavy atom. The third-order valence-corrected chi connectivity index (χ3v) is 3.50. The van der Waals surface area contributed by atoms with E-state index in [1.165, 1.54) is 12.1 Å². The Morgan fingerprint density at radius 3 is 2.29 bits per heavy atom. The van der Waals surface area contributed by atoms with Gasteiger partial charge in [-0.05, 0) is 30.3 Å². The largest absolute Gasteiger partial charge is 0.486 e. The molecule has 1 aliphatic heterocycles. The highest BCUT2D eigenvalue weighted by molar-refractivity contribution is 9.10. The maximum atomic E-state index is 13.8. The monoisotopic (exact) mass is 354 g/mol. The minimum atomic E-state index is -0.915. The van der Waals surface area contributed by atoms with E-state index in [1.54, 1.807) is 6.07 Å². The van der Waals surface area contributed by atoms with E-state index >= 15 is 0 Å². The third-order valence-electron chi connectivity index (χ3n) is 3.04. The van der Waals surface area contributed by atoms with Crippen LogP contribution in [0.1, 0.15) is 15.9 Å². The van der Waals surface area contributed by atoms with Crippen LogP contribution >= 0.6 is 15.9 Å². The van der Waals surface area contributed by atoms with E-state index in [2.05, 4.69) is 15.9 Å². The van der Waals surface area contributed by atoms with Gasteiger partial charge in [-0.15, -0.1) is 0 Å². The maximum Gasteiger partial charge on any atom is 0.199 e. The first-order valence-electron chi connectivity index (χ1n) is 6.15. The van der Waals surface area contributed by atoms with Crippen molar-refractivity contribution in [2.24, 2.45) is 0 Å². The van der Waals surface area contributed by atoms with Gasteiger partial charge >= 0.3 is 0 Å². The first kappa shape index (κ1) is 14.0. The van der Waals surface area contributed by atoms with Crippen LogP contribution in [-0.2, 0) is 0 Å². The molecule has 0 aromatic heterocycles. The number of hydrogen-bond acceptors (Lipinski definition) is 3. The summed E-state index contributed by atoms with van der Waals surface area (Å²) in [5.74, 6) is -1.67. The number of carbonyl (C=O) groups excluding carboxylic acids is 1. The lowest BCUT2D eigenvalue weighted by Crippen LogP contribution is -2.16. The molecule has 3 nitrogen and oxygen atoms in total. The molecular formula is C15H9BrF2O3. The Hall–Kier alpha value is -1.95. The molecule has 0 fully saturated rings. The van der Waals surface area contributed by atoms with Crippen LogP contribution in [0.2, 0.25) is 0 Å². The number of carbonyl (C=O) groups is 1. The zero-order valence-electron chi connectivity index (χ0n) is 10.7. The van der Waals surface area contributed by atoms with Crippen LogP contribution in [0.5, 0.6) is 11.5 Å². The predicted molar refractivity (Wildman–Crippen MR) is 74.9 cm³/mol. The van der Waals surface area contributed by atoms with Gasteiger partial charge in [0.25, 0.3) is 0 Å². The van der Waals surface area contributed by atoms with Gasteiger partial charge in [0.2, 0.25) is 0 Å². The average molecular weight is 355 g/mol. The Morgan fingerprint density at radius 1 is 1.00 bits per heavy atom. The first-order chi connectivity index (χ1) is 10.1. The van der Waals surface area contributed by atoms with Crippen molar-refractivity contribution < 1.29 is 23.0 Å². The van der Waals surface area contributed by atoms with Crippen LogP contribution in [-0.4, -0.2) is 19.0 Å². The highest BCUT2D eigenvalue weighted by Gasteiger charge is 2.22. The Balaban J connectivity index is 2.03. The first-order valence-corrected chi connectivity index (χ1v) is 6.94. The molecule has 3 rings (SSSR count). The number of benzene rings is 2. The van der Waals surface area contributed by atoms with E-state index in [0.717, 1.165) is 12.1 Å². The smallest absolute Gasteiger partial charge is 0.199 e. The van der Waals surface area contributed by atoms with Crippen molar-refractivity contribution in [1.29, 1.82) is 0 Å². The van der Waals surface area contributed by atoms with Crippen molar-refractivity contribution in [2.75, 3.05) is 13.2 Å². The summed E-state index contributed by atoms with van der Waals surface area (Å²) in [6.07, 6.45) is 0. The van der Waals surface area contributed by atoms with Gasteiger partial charge in [-0.2, -0.15) is 0 Å². The van der Waals surface area contributed by atoms with E-state index in [0.29, 0.717) is 24.7 Å². The van der Waals surface area contributed by atoms with Crippen LogP contribution in [0.25, 0.3) is 0 Å². The molecule has 1 aliphatic rings. The highest BCUT2D eigenvalue weighted by Crippen LogP contribution is 2.32. The lowest BCUT2D eigenvalue weighted by Gasteiger charge is -2.18. The van der Waals surface area contributed by atoms with E-state index in [-0.39, 0.29) is 10.0 Å². The van der Waals surface area contributed by atoms with Gasteiger partial charge in [0.05, 0.1) is 5.56 Å². The minimum absolute atomic E-state index is 0.138. The average Bonchev–Trinajstić information content (AvgIpc) is 2.45. The second kappa shape index (κ2) is 5.44. The molecule has 108 valence electrons. The molecule has 1 heterocycles. The molecule has 0 saturated carbocycles. The third kappa shape index (κ3) is 2.63. The highest BCUT2D eigenvalue weighted by atomic mass is 79.9. The SMILES string of the molecule is O=C(c1ccc2c(c1)OCCO2)c1c(F)cc(Br)cc1F. The van der Waals surface area contributed by atoms with Crippen LogP contribution in [0.4, 0.5) is 8.78 Å². The van der Waals surface area contributed by atoms with Gasteiger partial charge in [-0.1, -0.05) is 15.9 Å². The van der Waals surface area contributed by atoms with Gasteiger partial charge in [0, 0.05) is 10.0 Å². The van der Waals surface area contributed by atoms with Gasteiger partial charge < -0.3 is 9.47 Å². The van der Waals surface area contributed by atoms with Gasteiger partial charge in [-0.3, -0.25) is 4.79 Å². The summed E-state index contributed by atoms with van der Waals surface area (Å²) < 4.78 is 38.6. The summed E-state index contributed by atoms with van der Waals surface area (Å²) >= 11 is 2.97. The fourth-order valence-corrected chi connectivity index (χ4v) is 2.49. The Bertz CT molecular complexity index is 708. The van der Waals surface area contributed by atoms with Crippen molar-refractivity contribution in [1.82, 2.24) is 0 Å². The summed E-state index contributed by atoms with van der Waals surface area (Å²) in [5, 5.41) is 0. The lowest BCUT2D eigenvalue weighted by molar-refractivity contribution is 0.102. The number of fused-ring (bicyclic) bond motifs is 1. The van der Waals surface area contributed by atoms with E-state index in [4.69, 9.17) is 9.47 Å². The second-order valence-corrected chi connectivity index (χ2v) is 5.35. The van der Waals surface area contributed by atoms with Crippen molar-refractivity contribution in [3.8, 4) is 11.5 Å². The number of hydrogen-bond donors (Lipinski definition) is 0. The standard InChI is InChI=1S/C15H9BrF2O3/c16-9-6-10(17)14(11(18)7-9)15(19)8-1-2-12-13(5-8)21-4-3-20-12/h1-2,5-7H,3-4H2. The fraction of sp³-hybridized carbons (Fsp3) is 0.133.